The van der Waals surface area contributed by atoms with E-state index in [1.165, 1.54) is 6.42 Å². The van der Waals surface area contributed by atoms with Crippen molar-refractivity contribution >= 4 is 46.7 Å². The number of hydrogen-bond acceptors (Lipinski definition) is 13. The third-order valence-electron chi connectivity index (χ3n) is 12.1. The summed E-state index contributed by atoms with van der Waals surface area (Å²) >= 11 is 0. The van der Waals surface area contributed by atoms with Gasteiger partial charge < -0.3 is 45.9 Å². The van der Waals surface area contributed by atoms with Crippen molar-refractivity contribution in [2.45, 2.75) is 161 Å². The molecule has 4 aromatic rings. The highest BCUT2D eigenvalue weighted by Crippen LogP contribution is 2.27. The van der Waals surface area contributed by atoms with Crippen molar-refractivity contribution in [3.8, 4) is 0 Å². The highest BCUT2D eigenvalue weighted by Gasteiger charge is 2.30. The first kappa shape index (κ1) is 51.4. The summed E-state index contributed by atoms with van der Waals surface area (Å²) in [6, 6.07) is 17.0. The fourth-order valence-corrected chi connectivity index (χ4v) is 8.53. The summed E-state index contributed by atoms with van der Waals surface area (Å²) in [6.07, 6.45) is 9.66. The average Bonchev–Trinajstić information content (AvgIpc) is 3.77. The van der Waals surface area contributed by atoms with Gasteiger partial charge in [0.2, 0.25) is 17.8 Å². The maximum absolute atomic E-state index is 13.4. The summed E-state index contributed by atoms with van der Waals surface area (Å²) in [7, 11) is 0. The molecule has 2 fully saturated rings. The normalized spacial score (nSPS) is 15.4. The molecule has 5 N–H and O–H groups in total. The fourth-order valence-electron chi connectivity index (χ4n) is 8.53. The van der Waals surface area contributed by atoms with Crippen molar-refractivity contribution in [3.05, 3.63) is 72.1 Å². The van der Waals surface area contributed by atoms with Gasteiger partial charge in [0.05, 0.1) is 24.3 Å². The number of nitrogens with one attached hydrogen (secondary N) is 3. The average molecular weight is 939 g/mol. The van der Waals surface area contributed by atoms with Crippen LogP contribution >= 0.6 is 0 Å². The van der Waals surface area contributed by atoms with Gasteiger partial charge in [-0.15, -0.1) is 5.10 Å². The Hall–Kier alpha value is -6.04. The van der Waals surface area contributed by atoms with Crippen molar-refractivity contribution in [3.63, 3.8) is 0 Å². The molecule has 0 spiro atoms. The molecule has 1 aliphatic carbocycles. The summed E-state index contributed by atoms with van der Waals surface area (Å²) in [5.41, 5.74) is 7.37. The minimum atomic E-state index is -0.754. The van der Waals surface area contributed by atoms with Gasteiger partial charge in [-0.05, 0) is 104 Å². The van der Waals surface area contributed by atoms with Gasteiger partial charge in [0.1, 0.15) is 22.7 Å². The van der Waals surface area contributed by atoms with E-state index in [4.69, 9.17) is 25.2 Å². The highest BCUT2D eigenvalue weighted by atomic mass is 16.6. The van der Waals surface area contributed by atoms with Gasteiger partial charge in [-0.1, -0.05) is 66.9 Å². The molecule has 0 radical (unpaired) electrons. The van der Waals surface area contributed by atoms with E-state index in [1.54, 1.807) is 9.58 Å². The first-order valence-corrected chi connectivity index (χ1v) is 24.5. The van der Waals surface area contributed by atoms with Gasteiger partial charge in [-0.25, -0.2) is 14.6 Å². The summed E-state index contributed by atoms with van der Waals surface area (Å²) < 4.78 is 13.4. The van der Waals surface area contributed by atoms with E-state index in [1.807, 2.05) is 112 Å². The van der Waals surface area contributed by atoms with E-state index in [0.29, 0.717) is 82.7 Å². The predicted octanol–water partition coefficient (Wildman–Crippen LogP) is 7.25. The molecule has 18 nitrogen and oxygen atoms in total. The number of benzene rings is 2. The number of nitrogens with two attached hydrogens (primary N) is 1. The smallest absolute Gasteiger partial charge is 0.410 e. The molecule has 2 aromatic heterocycles. The number of anilines is 2. The van der Waals surface area contributed by atoms with Gasteiger partial charge >= 0.3 is 12.2 Å². The second-order valence-electron chi connectivity index (χ2n) is 20.0. The molecule has 370 valence electrons. The van der Waals surface area contributed by atoms with Crippen LogP contribution in [0.5, 0.6) is 0 Å². The molecule has 18 heteroatoms. The topological polar surface area (TPSA) is 215 Å². The van der Waals surface area contributed by atoms with Crippen molar-refractivity contribution in [1.29, 1.82) is 0 Å². The molecule has 68 heavy (non-hydrogen) atoms. The SMILES string of the molecule is CC(C)(C)OC(=O)N(CCCN(C(=O)OC(C)(C)C)C1CCCCC1)CCCn1cc(CNc2nc(NC3CCN(C(=O)CC[C@@H](N)C(=O)NCc4ccccc4)CC3)c3ccccc3n2)nn1. The second kappa shape index (κ2) is 24.3. The van der Waals surface area contributed by atoms with Gasteiger partial charge in [-0.3, -0.25) is 14.3 Å². The largest absolute Gasteiger partial charge is 0.444 e. The molecule has 2 aromatic carbocycles. The van der Waals surface area contributed by atoms with Gasteiger partial charge in [0, 0.05) is 69.7 Å². The standard InChI is InChI=1S/C50H74N12O6/c1-49(2,3)67-47(65)60(28-16-30-62(39-19-11-8-12-20-39)48(66)68-50(4,5)6)27-15-29-61-35-38(57-58-61)34-53-46-55-42-22-14-13-21-40(42)44(56-46)54-37-25-31-59(32-26-37)43(63)24-23-41(51)45(64)52-33-36-17-9-7-10-18-36/h7,9-10,13-14,17-18,21-22,35,37,39,41H,8,11-12,15-16,19-20,23-34,51H2,1-6H3,(H,52,64)(H2,53,54,55,56)/t41-/m1/s1. The Bertz CT molecular complexity index is 2250. The quantitative estimate of drug-likeness (QED) is 0.0688. The zero-order valence-corrected chi connectivity index (χ0v) is 41.0. The number of para-hydroxylation sites is 1. The van der Waals surface area contributed by atoms with Crippen LogP contribution in [0, 0.1) is 0 Å². The molecule has 1 aliphatic heterocycles. The Balaban J connectivity index is 0.971. The molecule has 1 saturated heterocycles. The zero-order chi connectivity index (χ0) is 48.7. The lowest BCUT2D eigenvalue weighted by atomic mass is 9.94. The first-order chi connectivity index (χ1) is 32.5. The molecule has 6 rings (SSSR count). The lowest BCUT2D eigenvalue weighted by molar-refractivity contribution is -0.132. The summed E-state index contributed by atoms with van der Waals surface area (Å²) in [4.78, 5) is 67.4. The minimum Gasteiger partial charge on any atom is -0.444 e. The number of carbonyl (C=O) groups excluding carboxylic acids is 4. The molecule has 2 aliphatic rings. The predicted molar refractivity (Wildman–Crippen MR) is 262 cm³/mol. The number of hydrogen-bond donors (Lipinski definition) is 4. The van der Waals surface area contributed by atoms with Gasteiger partial charge in [0.25, 0.3) is 0 Å². The molecule has 0 unspecified atom stereocenters. The van der Waals surface area contributed by atoms with Crippen LogP contribution in [0.15, 0.2) is 60.8 Å². The maximum Gasteiger partial charge on any atom is 0.410 e. The highest BCUT2D eigenvalue weighted by molar-refractivity contribution is 5.90. The van der Waals surface area contributed by atoms with Crippen LogP contribution in [-0.4, -0.2) is 126 Å². The Morgan fingerprint density at radius 1 is 0.809 bits per heavy atom. The second-order valence-corrected chi connectivity index (χ2v) is 20.0. The Morgan fingerprint density at radius 2 is 1.49 bits per heavy atom. The van der Waals surface area contributed by atoms with Crippen molar-refractivity contribution in [2.24, 2.45) is 5.73 Å². The Kier molecular flexibility index (Phi) is 18.4. The Morgan fingerprint density at radius 3 is 2.21 bits per heavy atom. The van der Waals surface area contributed by atoms with Crippen LogP contribution in [0.2, 0.25) is 0 Å². The number of rotatable bonds is 20. The number of ether oxygens (including phenoxy) is 2. The van der Waals surface area contributed by atoms with E-state index < -0.39 is 17.2 Å². The number of nitrogens with zero attached hydrogens (tertiary/aromatic N) is 8. The van der Waals surface area contributed by atoms with Crippen LogP contribution in [0.1, 0.15) is 123 Å². The number of fused-ring (bicyclic) bond motifs is 1. The molecule has 1 atom stereocenters. The number of piperidine rings is 1. The maximum atomic E-state index is 13.4. The number of aromatic nitrogens is 5. The van der Waals surface area contributed by atoms with E-state index >= 15 is 0 Å². The summed E-state index contributed by atoms with van der Waals surface area (Å²) in [5, 5.41) is 19.4. The lowest BCUT2D eigenvalue weighted by Gasteiger charge is -2.36. The number of amides is 4. The lowest BCUT2D eigenvalue weighted by Crippen LogP contribution is -2.46. The molecule has 3 heterocycles. The minimum absolute atomic E-state index is 0.00163. The number of likely N-dealkylation sites (tertiary alicyclic amines) is 1. The van der Waals surface area contributed by atoms with Gasteiger partial charge in [0.15, 0.2) is 0 Å². The third-order valence-corrected chi connectivity index (χ3v) is 12.1. The summed E-state index contributed by atoms with van der Waals surface area (Å²) in [6.45, 7) is 15.0. The third kappa shape index (κ3) is 16.3. The van der Waals surface area contributed by atoms with Crippen LogP contribution in [0.3, 0.4) is 0 Å². The van der Waals surface area contributed by atoms with E-state index in [9.17, 15) is 19.2 Å². The monoisotopic (exact) mass is 939 g/mol. The van der Waals surface area contributed by atoms with Gasteiger partial charge in [-0.2, -0.15) is 4.98 Å². The molecule has 0 bridgehead atoms. The van der Waals surface area contributed by atoms with Crippen LogP contribution in [0.4, 0.5) is 21.4 Å². The molecular formula is C50H74N12O6. The molecule has 1 saturated carbocycles. The number of aryl methyl sites for hydroxylation is 1. The molecule has 4 amide bonds. The molecular weight excluding hydrogens is 865 g/mol. The van der Waals surface area contributed by atoms with E-state index in [0.717, 1.165) is 55.0 Å². The Labute approximate surface area is 401 Å². The van der Waals surface area contributed by atoms with Crippen molar-refractivity contribution < 1.29 is 28.7 Å². The summed E-state index contributed by atoms with van der Waals surface area (Å²) in [5.74, 6) is 0.888. The van der Waals surface area contributed by atoms with Crippen LogP contribution in [-0.2, 0) is 38.7 Å². The van der Waals surface area contributed by atoms with E-state index in [2.05, 4.69) is 26.3 Å². The zero-order valence-electron chi connectivity index (χ0n) is 41.0. The van der Waals surface area contributed by atoms with E-state index in [-0.39, 0.29) is 48.9 Å². The first-order valence-electron chi connectivity index (χ1n) is 24.5. The fraction of sp³-hybridized carbons (Fsp3) is 0.600. The van der Waals surface area contributed by atoms with Crippen molar-refractivity contribution in [1.82, 2.24) is 45.0 Å². The van der Waals surface area contributed by atoms with Crippen LogP contribution < -0.4 is 21.7 Å². The van der Waals surface area contributed by atoms with Crippen molar-refractivity contribution in [2.75, 3.05) is 43.4 Å². The number of carbonyl (C=O) groups is 4. The van der Waals surface area contributed by atoms with Crippen LogP contribution in [0.25, 0.3) is 10.9 Å².